The maximum atomic E-state index is 6.44. The van der Waals surface area contributed by atoms with Gasteiger partial charge < -0.3 is 10.5 Å². The van der Waals surface area contributed by atoms with Gasteiger partial charge in [-0.1, -0.05) is 55.0 Å². The van der Waals surface area contributed by atoms with Gasteiger partial charge in [0.05, 0.1) is 7.11 Å². The minimum absolute atomic E-state index is 0.0720. The highest BCUT2D eigenvalue weighted by Gasteiger charge is 2.20. The molecule has 2 unspecified atom stereocenters. The van der Waals surface area contributed by atoms with Crippen molar-refractivity contribution in [2.75, 3.05) is 7.11 Å². The normalized spacial score (nSPS) is 13.9. The average Bonchev–Trinajstić information content (AvgIpc) is 2.46. The molecule has 2 rings (SSSR count). The van der Waals surface area contributed by atoms with Gasteiger partial charge in [-0.2, -0.15) is 0 Å². The first-order valence-corrected chi connectivity index (χ1v) is 6.58. The van der Waals surface area contributed by atoms with Crippen LogP contribution in [0.3, 0.4) is 0 Å². The molecule has 0 heterocycles. The molecule has 0 bridgehead atoms. The molecule has 2 atom stereocenters. The van der Waals surface area contributed by atoms with Gasteiger partial charge in [-0.05, 0) is 18.6 Å². The summed E-state index contributed by atoms with van der Waals surface area (Å²) in [6.07, 6.45) is 0. The van der Waals surface area contributed by atoms with Crippen LogP contribution in [0.2, 0.25) is 0 Å². The summed E-state index contributed by atoms with van der Waals surface area (Å²) in [6, 6.07) is 16.4. The van der Waals surface area contributed by atoms with E-state index in [2.05, 4.69) is 32.0 Å². The minimum Gasteiger partial charge on any atom is -0.496 e. The van der Waals surface area contributed by atoms with Crippen LogP contribution >= 0.6 is 0 Å². The summed E-state index contributed by atoms with van der Waals surface area (Å²) in [5, 5.41) is 0. The average molecular weight is 255 g/mol. The van der Waals surface area contributed by atoms with Crippen LogP contribution < -0.4 is 10.5 Å². The van der Waals surface area contributed by atoms with E-state index in [0.29, 0.717) is 0 Å². The number of hydrogen-bond acceptors (Lipinski definition) is 2. The zero-order valence-corrected chi connectivity index (χ0v) is 11.8. The molecule has 0 saturated heterocycles. The standard InChI is InChI=1S/C17H21NO/c1-12-9-10-16(19-3)15(11-12)17(18)13(2)14-7-5-4-6-8-14/h4-11,13,17H,18H2,1-3H3. The number of hydrogen-bond donors (Lipinski definition) is 1. The van der Waals surface area contributed by atoms with Gasteiger partial charge in [0.2, 0.25) is 0 Å². The Morgan fingerprint density at radius 3 is 2.37 bits per heavy atom. The van der Waals surface area contributed by atoms with Gasteiger partial charge in [0.1, 0.15) is 5.75 Å². The first kappa shape index (κ1) is 13.6. The van der Waals surface area contributed by atoms with Crippen LogP contribution in [0.25, 0.3) is 0 Å². The van der Waals surface area contributed by atoms with Crippen LogP contribution in [0.15, 0.2) is 48.5 Å². The van der Waals surface area contributed by atoms with Crippen LogP contribution in [0.5, 0.6) is 5.75 Å². The van der Waals surface area contributed by atoms with E-state index < -0.39 is 0 Å². The van der Waals surface area contributed by atoms with Crippen LogP contribution in [0, 0.1) is 6.92 Å². The fourth-order valence-electron chi connectivity index (χ4n) is 2.35. The Morgan fingerprint density at radius 1 is 1.05 bits per heavy atom. The zero-order valence-electron chi connectivity index (χ0n) is 11.8. The smallest absolute Gasteiger partial charge is 0.123 e. The minimum atomic E-state index is -0.0720. The third-order valence-electron chi connectivity index (χ3n) is 3.61. The maximum absolute atomic E-state index is 6.44. The predicted molar refractivity (Wildman–Crippen MR) is 79.5 cm³/mol. The highest BCUT2D eigenvalue weighted by atomic mass is 16.5. The predicted octanol–water partition coefficient (Wildman–Crippen LogP) is 3.81. The van der Waals surface area contributed by atoms with E-state index >= 15 is 0 Å². The molecule has 2 aromatic rings. The number of ether oxygens (including phenoxy) is 1. The summed E-state index contributed by atoms with van der Waals surface area (Å²) in [7, 11) is 1.69. The van der Waals surface area contributed by atoms with Crippen molar-refractivity contribution in [2.24, 2.45) is 5.73 Å². The van der Waals surface area contributed by atoms with Gasteiger partial charge >= 0.3 is 0 Å². The van der Waals surface area contributed by atoms with Crippen molar-refractivity contribution < 1.29 is 4.74 Å². The second kappa shape index (κ2) is 5.89. The number of benzene rings is 2. The quantitative estimate of drug-likeness (QED) is 0.901. The molecule has 19 heavy (non-hydrogen) atoms. The molecule has 0 fully saturated rings. The van der Waals surface area contributed by atoms with Crippen molar-refractivity contribution in [1.82, 2.24) is 0 Å². The second-order valence-corrected chi connectivity index (χ2v) is 4.97. The van der Waals surface area contributed by atoms with Crippen LogP contribution in [-0.4, -0.2) is 7.11 Å². The molecule has 2 nitrogen and oxygen atoms in total. The Hall–Kier alpha value is -1.80. The van der Waals surface area contributed by atoms with Crippen molar-refractivity contribution in [3.63, 3.8) is 0 Å². The number of nitrogens with two attached hydrogens (primary N) is 1. The van der Waals surface area contributed by atoms with Gasteiger partial charge in [-0.25, -0.2) is 0 Å². The van der Waals surface area contributed by atoms with Gasteiger partial charge in [-0.15, -0.1) is 0 Å². The van der Waals surface area contributed by atoms with Crippen LogP contribution in [0.4, 0.5) is 0 Å². The van der Waals surface area contributed by atoms with E-state index in [1.165, 1.54) is 11.1 Å². The molecule has 0 spiro atoms. The molecule has 0 aliphatic heterocycles. The Balaban J connectivity index is 2.33. The van der Waals surface area contributed by atoms with E-state index in [-0.39, 0.29) is 12.0 Å². The monoisotopic (exact) mass is 255 g/mol. The van der Waals surface area contributed by atoms with E-state index in [1.54, 1.807) is 7.11 Å². The number of methoxy groups -OCH3 is 1. The van der Waals surface area contributed by atoms with E-state index in [9.17, 15) is 0 Å². The summed E-state index contributed by atoms with van der Waals surface area (Å²) >= 11 is 0. The zero-order chi connectivity index (χ0) is 13.8. The maximum Gasteiger partial charge on any atom is 0.123 e. The third-order valence-corrected chi connectivity index (χ3v) is 3.61. The van der Waals surface area contributed by atoms with Crippen molar-refractivity contribution in [3.8, 4) is 5.75 Å². The lowest BCUT2D eigenvalue weighted by molar-refractivity contribution is 0.402. The van der Waals surface area contributed by atoms with E-state index in [1.807, 2.05) is 30.3 Å². The fourth-order valence-corrected chi connectivity index (χ4v) is 2.35. The SMILES string of the molecule is COc1ccc(C)cc1C(N)C(C)c1ccccc1. The molecule has 0 radical (unpaired) electrons. The van der Waals surface area contributed by atoms with Crippen molar-refractivity contribution >= 4 is 0 Å². The number of aryl methyl sites for hydroxylation is 1. The first-order valence-electron chi connectivity index (χ1n) is 6.58. The topological polar surface area (TPSA) is 35.2 Å². The lowest BCUT2D eigenvalue weighted by Gasteiger charge is -2.23. The molecular weight excluding hydrogens is 234 g/mol. The molecule has 0 amide bonds. The summed E-state index contributed by atoms with van der Waals surface area (Å²) in [6.45, 7) is 4.23. The van der Waals surface area contributed by atoms with Crippen molar-refractivity contribution in [2.45, 2.75) is 25.8 Å². The Kier molecular flexibility index (Phi) is 4.23. The highest BCUT2D eigenvalue weighted by Crippen LogP contribution is 2.34. The van der Waals surface area contributed by atoms with E-state index in [4.69, 9.17) is 10.5 Å². The lowest BCUT2D eigenvalue weighted by Crippen LogP contribution is -2.18. The largest absolute Gasteiger partial charge is 0.496 e. The second-order valence-electron chi connectivity index (χ2n) is 4.97. The van der Waals surface area contributed by atoms with Gasteiger partial charge in [0.15, 0.2) is 0 Å². The summed E-state index contributed by atoms with van der Waals surface area (Å²) in [4.78, 5) is 0. The molecule has 0 aliphatic rings. The molecule has 0 aliphatic carbocycles. The molecule has 2 heteroatoms. The molecular formula is C17H21NO. The molecule has 0 aromatic heterocycles. The van der Waals surface area contributed by atoms with Gasteiger partial charge in [0, 0.05) is 17.5 Å². The van der Waals surface area contributed by atoms with Crippen molar-refractivity contribution in [3.05, 3.63) is 65.2 Å². The van der Waals surface area contributed by atoms with Crippen molar-refractivity contribution in [1.29, 1.82) is 0 Å². The Morgan fingerprint density at radius 2 is 1.74 bits per heavy atom. The summed E-state index contributed by atoms with van der Waals surface area (Å²) < 4.78 is 5.43. The number of rotatable bonds is 4. The fraction of sp³-hybridized carbons (Fsp3) is 0.294. The lowest BCUT2D eigenvalue weighted by atomic mass is 9.88. The first-order chi connectivity index (χ1) is 9.13. The van der Waals surface area contributed by atoms with Crippen LogP contribution in [-0.2, 0) is 0 Å². The van der Waals surface area contributed by atoms with Crippen LogP contribution in [0.1, 0.15) is 35.6 Å². The Labute approximate surface area is 115 Å². The summed E-state index contributed by atoms with van der Waals surface area (Å²) in [5.74, 6) is 1.11. The molecule has 0 saturated carbocycles. The van der Waals surface area contributed by atoms with E-state index in [0.717, 1.165) is 11.3 Å². The van der Waals surface area contributed by atoms with Gasteiger partial charge in [-0.3, -0.25) is 0 Å². The molecule has 2 aromatic carbocycles. The Bertz CT molecular complexity index is 536. The highest BCUT2D eigenvalue weighted by molar-refractivity contribution is 5.41. The summed E-state index contributed by atoms with van der Waals surface area (Å²) in [5.41, 5.74) is 9.95. The molecule has 100 valence electrons. The van der Waals surface area contributed by atoms with Gasteiger partial charge in [0.25, 0.3) is 0 Å². The third kappa shape index (κ3) is 2.96. The molecule has 2 N–H and O–H groups in total.